The highest BCUT2D eigenvalue weighted by molar-refractivity contribution is 6.76. The predicted molar refractivity (Wildman–Crippen MR) is 199 cm³/mol. The van der Waals surface area contributed by atoms with Gasteiger partial charge >= 0.3 is 12.3 Å². The van der Waals surface area contributed by atoms with Gasteiger partial charge in [0, 0.05) is 76.8 Å². The van der Waals surface area contributed by atoms with Crippen molar-refractivity contribution < 1.29 is 36.8 Å². The summed E-state index contributed by atoms with van der Waals surface area (Å²) < 4.78 is 62.9. The molecular weight excluding hydrogens is 708 g/mol. The van der Waals surface area contributed by atoms with Crippen molar-refractivity contribution in [3.8, 4) is 22.4 Å². The van der Waals surface area contributed by atoms with Crippen LogP contribution in [-0.2, 0) is 27.2 Å². The summed E-state index contributed by atoms with van der Waals surface area (Å²) in [5, 5.41) is 7.75. The largest absolute Gasteiger partial charge is 0.444 e. The Labute approximate surface area is 309 Å². The van der Waals surface area contributed by atoms with E-state index in [2.05, 4.69) is 40.1 Å². The number of aryl methyl sites for hydroxylation is 2. The molecule has 2 amide bonds. The first-order valence-corrected chi connectivity index (χ1v) is 21.4. The first kappa shape index (κ1) is 39.8. The molecule has 0 saturated carbocycles. The fourth-order valence-corrected chi connectivity index (χ4v) is 7.21. The lowest BCUT2D eigenvalue weighted by molar-refractivity contribution is -0.137. The van der Waals surface area contributed by atoms with Crippen LogP contribution in [-0.4, -0.2) is 95.0 Å². The summed E-state index contributed by atoms with van der Waals surface area (Å²) in [6, 6.07) is 5.87. The zero-order chi connectivity index (χ0) is 39.0. The Hall–Kier alpha value is -4.44. The van der Waals surface area contributed by atoms with E-state index in [1.165, 1.54) is 9.80 Å². The number of halogens is 3. The first-order valence-electron chi connectivity index (χ1n) is 17.7. The summed E-state index contributed by atoms with van der Waals surface area (Å²) in [5.41, 5.74) is 1.12. The molecule has 4 aromatic rings. The maximum atomic E-state index is 14.7. The van der Waals surface area contributed by atoms with E-state index in [0.29, 0.717) is 35.4 Å². The van der Waals surface area contributed by atoms with E-state index >= 15 is 0 Å². The molecule has 1 N–H and O–H groups in total. The highest BCUT2D eigenvalue weighted by atomic mass is 28.3. The molecule has 12 nitrogen and oxygen atoms in total. The molecule has 4 heterocycles. The number of benzene rings is 1. The van der Waals surface area contributed by atoms with Gasteiger partial charge in [0.05, 0.1) is 22.8 Å². The molecule has 53 heavy (non-hydrogen) atoms. The molecule has 0 bridgehead atoms. The van der Waals surface area contributed by atoms with Crippen LogP contribution >= 0.6 is 0 Å². The van der Waals surface area contributed by atoms with Gasteiger partial charge in [0.15, 0.2) is 0 Å². The Morgan fingerprint density at radius 1 is 1.11 bits per heavy atom. The Morgan fingerprint density at radius 2 is 1.83 bits per heavy atom. The van der Waals surface area contributed by atoms with Gasteiger partial charge in [0.1, 0.15) is 23.7 Å². The quantitative estimate of drug-likeness (QED) is 0.127. The molecule has 16 heteroatoms. The number of piperidine rings is 1. The van der Waals surface area contributed by atoms with Gasteiger partial charge in [-0.05, 0) is 58.7 Å². The van der Waals surface area contributed by atoms with E-state index in [1.54, 1.807) is 51.7 Å². The molecule has 1 aliphatic rings. The molecular formula is C37H50F3N7O5Si. The van der Waals surface area contributed by atoms with Crippen LogP contribution in [0.5, 0.6) is 0 Å². The molecule has 288 valence electrons. The van der Waals surface area contributed by atoms with E-state index in [0.717, 1.165) is 23.4 Å². The van der Waals surface area contributed by atoms with E-state index in [9.17, 15) is 22.8 Å². The number of rotatable bonds is 10. The van der Waals surface area contributed by atoms with Crippen LogP contribution in [0.4, 0.5) is 23.9 Å². The van der Waals surface area contributed by atoms with E-state index in [4.69, 9.17) is 14.0 Å². The summed E-state index contributed by atoms with van der Waals surface area (Å²) in [7, 11) is 1.87. The SMILES string of the molecule is Cc1noc(C)c1-c1ccc2c(-c3nc(N[C@H]4C[C@@H](C(=O)N(C)C)CN(C(=O)OC(C)(C)C)C4)ncc3C(F)(F)F)cn(COCC[Si](C)(C)C)c2c1. The molecule has 0 unspecified atom stereocenters. The maximum Gasteiger partial charge on any atom is 0.419 e. The number of hydrogen-bond acceptors (Lipinski definition) is 9. The molecule has 0 spiro atoms. The van der Waals surface area contributed by atoms with E-state index < -0.39 is 43.5 Å². The van der Waals surface area contributed by atoms with Gasteiger partial charge in [-0.3, -0.25) is 4.79 Å². The standard InChI is InChI=1S/C37H50F3N7O5Si/c1-22-31(23(2)52-44-22)24-11-12-27-28(20-47(30(27)16-24)21-50-13-14-53(8,9)10)32-29(37(38,39)40)17-41-34(43-32)42-26-15-25(33(48)45(6)7)18-46(19-26)35(49)51-36(3,4)5/h11-12,16-17,20,25-26H,13-15,18-19,21H2,1-10H3,(H,41,42,43)/t25-,26+/m1/s1. The Morgan fingerprint density at radius 3 is 2.43 bits per heavy atom. The Kier molecular flexibility index (Phi) is 11.3. The van der Waals surface area contributed by atoms with E-state index in [1.807, 2.05) is 26.0 Å². The molecule has 3 aromatic heterocycles. The van der Waals surface area contributed by atoms with Crippen LogP contribution in [0, 0.1) is 19.8 Å². The third-order valence-corrected chi connectivity index (χ3v) is 10.7. The summed E-state index contributed by atoms with van der Waals surface area (Å²) in [6.45, 7) is 16.5. The minimum Gasteiger partial charge on any atom is -0.444 e. The molecule has 1 aliphatic heterocycles. The van der Waals surface area contributed by atoms with Crippen molar-refractivity contribution in [3.63, 3.8) is 0 Å². The van der Waals surface area contributed by atoms with Crippen LogP contribution in [0.3, 0.4) is 0 Å². The molecule has 0 aliphatic carbocycles. The third kappa shape index (κ3) is 9.57. The number of hydrogen-bond donors (Lipinski definition) is 1. The lowest BCUT2D eigenvalue weighted by Crippen LogP contribution is -2.53. The number of likely N-dealkylation sites (tertiary alicyclic amines) is 1. The van der Waals surface area contributed by atoms with Crippen LogP contribution < -0.4 is 5.32 Å². The van der Waals surface area contributed by atoms with Gasteiger partial charge < -0.3 is 33.7 Å². The zero-order valence-corrected chi connectivity index (χ0v) is 33.1. The highest BCUT2D eigenvalue weighted by Crippen LogP contribution is 2.41. The highest BCUT2D eigenvalue weighted by Gasteiger charge is 2.39. The number of amides is 2. The van der Waals surface area contributed by atoms with Crippen molar-refractivity contribution in [1.82, 2.24) is 29.5 Å². The second-order valence-corrected chi connectivity index (χ2v) is 21.8. The van der Waals surface area contributed by atoms with Gasteiger partial charge in [-0.25, -0.2) is 14.8 Å². The fourth-order valence-electron chi connectivity index (χ4n) is 6.45. The Bertz CT molecular complexity index is 1940. The summed E-state index contributed by atoms with van der Waals surface area (Å²) >= 11 is 0. The fraction of sp³-hybridized carbons (Fsp3) is 0.541. The topological polar surface area (TPSA) is 128 Å². The summed E-state index contributed by atoms with van der Waals surface area (Å²) in [6.07, 6.45) is -2.66. The molecule has 0 radical (unpaired) electrons. The van der Waals surface area contributed by atoms with Crippen molar-refractivity contribution >= 4 is 36.9 Å². The number of nitrogens with one attached hydrogen (secondary N) is 1. The minimum absolute atomic E-state index is 0.0697. The Balaban J connectivity index is 1.56. The molecule has 1 saturated heterocycles. The number of carbonyl (C=O) groups excluding carboxylic acids is 2. The van der Waals surface area contributed by atoms with Crippen molar-refractivity contribution in [2.24, 2.45) is 5.92 Å². The van der Waals surface area contributed by atoms with Crippen LogP contribution in [0.25, 0.3) is 33.3 Å². The average molecular weight is 758 g/mol. The summed E-state index contributed by atoms with van der Waals surface area (Å²) in [4.78, 5) is 37.7. The average Bonchev–Trinajstić information content (AvgIpc) is 3.58. The van der Waals surface area contributed by atoms with Crippen LogP contribution in [0.2, 0.25) is 25.7 Å². The number of ether oxygens (including phenoxy) is 2. The molecule has 5 rings (SSSR count). The van der Waals surface area contributed by atoms with Gasteiger partial charge in [0.25, 0.3) is 0 Å². The van der Waals surface area contributed by atoms with Crippen molar-refractivity contribution in [1.29, 1.82) is 0 Å². The maximum absolute atomic E-state index is 14.7. The molecule has 2 atom stereocenters. The zero-order valence-electron chi connectivity index (χ0n) is 32.1. The number of anilines is 1. The normalized spacial score (nSPS) is 17.0. The smallest absolute Gasteiger partial charge is 0.419 e. The van der Waals surface area contributed by atoms with Gasteiger partial charge in [-0.2, -0.15) is 13.2 Å². The second kappa shape index (κ2) is 15.1. The molecule has 1 aromatic carbocycles. The van der Waals surface area contributed by atoms with Gasteiger partial charge in [0.2, 0.25) is 11.9 Å². The third-order valence-electron chi connectivity index (χ3n) is 9.01. The lowest BCUT2D eigenvalue weighted by Gasteiger charge is -2.38. The van der Waals surface area contributed by atoms with Crippen molar-refractivity contribution in [3.05, 3.63) is 47.6 Å². The number of fused-ring (bicyclic) bond motifs is 1. The van der Waals surface area contributed by atoms with Crippen molar-refractivity contribution in [2.45, 2.75) is 91.3 Å². The lowest BCUT2D eigenvalue weighted by atomic mass is 9.93. The van der Waals surface area contributed by atoms with Gasteiger partial charge in [-0.1, -0.05) is 36.9 Å². The first-order chi connectivity index (χ1) is 24.6. The number of nitrogens with zero attached hydrogens (tertiary/aromatic N) is 6. The number of carbonyl (C=O) groups is 2. The second-order valence-electron chi connectivity index (χ2n) is 16.1. The number of alkyl halides is 3. The van der Waals surface area contributed by atoms with Gasteiger partial charge in [-0.15, -0.1) is 0 Å². The number of aromatic nitrogens is 4. The van der Waals surface area contributed by atoms with Crippen LogP contribution in [0.1, 0.15) is 44.2 Å². The predicted octanol–water partition coefficient (Wildman–Crippen LogP) is 7.83. The van der Waals surface area contributed by atoms with E-state index in [-0.39, 0.29) is 42.9 Å². The monoisotopic (exact) mass is 757 g/mol. The molecule has 1 fully saturated rings. The van der Waals surface area contributed by atoms with Crippen LogP contribution in [0.15, 0.2) is 35.1 Å². The minimum atomic E-state index is -4.77. The summed E-state index contributed by atoms with van der Waals surface area (Å²) in [5.74, 6) is -0.210. The van der Waals surface area contributed by atoms with Crippen molar-refractivity contribution in [2.75, 3.05) is 39.1 Å².